The SMILES string of the molecule is C[C@@H](NCC(=O)C[P+](O)(O)CC1CC=CCC1)c1cccc(C(=O)O)c1. The van der Waals surface area contributed by atoms with Crippen molar-refractivity contribution in [1.29, 1.82) is 0 Å². The zero-order chi connectivity index (χ0) is 19.2. The van der Waals surface area contributed by atoms with Gasteiger partial charge in [0.2, 0.25) is 0 Å². The Balaban J connectivity index is 1.82. The van der Waals surface area contributed by atoms with E-state index < -0.39 is 13.7 Å². The third-order valence-corrected chi connectivity index (χ3v) is 6.56. The summed E-state index contributed by atoms with van der Waals surface area (Å²) in [7, 11) is -3.22. The maximum absolute atomic E-state index is 12.1. The first-order valence-electron chi connectivity index (χ1n) is 8.83. The molecule has 0 heterocycles. The number of aromatic carboxylic acids is 1. The zero-order valence-corrected chi connectivity index (χ0v) is 15.9. The first kappa shape index (κ1) is 20.7. The molecule has 0 radical (unpaired) electrons. The number of nitrogens with one attached hydrogen (secondary N) is 1. The second-order valence-corrected chi connectivity index (χ2v) is 9.38. The maximum Gasteiger partial charge on any atom is 0.335 e. The van der Waals surface area contributed by atoms with Gasteiger partial charge in [-0.25, -0.2) is 14.6 Å². The number of ketones is 1. The highest BCUT2D eigenvalue weighted by atomic mass is 31.2. The summed E-state index contributed by atoms with van der Waals surface area (Å²) < 4.78 is 0. The molecule has 1 aromatic carbocycles. The average molecular weight is 380 g/mol. The average Bonchev–Trinajstić information content (AvgIpc) is 2.59. The summed E-state index contributed by atoms with van der Waals surface area (Å²) in [5, 5.41) is 12.1. The molecule has 2 rings (SSSR count). The highest BCUT2D eigenvalue weighted by molar-refractivity contribution is 7.65. The first-order chi connectivity index (χ1) is 12.3. The summed E-state index contributed by atoms with van der Waals surface area (Å²) in [5.41, 5.74) is 0.959. The molecule has 1 aliphatic rings. The number of rotatable bonds is 9. The van der Waals surface area contributed by atoms with Crippen LogP contribution in [0, 0.1) is 5.92 Å². The Morgan fingerprint density at radius 1 is 1.31 bits per heavy atom. The van der Waals surface area contributed by atoms with Gasteiger partial charge in [0, 0.05) is 12.0 Å². The molecular weight excluding hydrogens is 353 g/mol. The fourth-order valence-electron chi connectivity index (χ4n) is 3.16. The molecule has 4 N–H and O–H groups in total. The van der Waals surface area contributed by atoms with Gasteiger partial charge in [0.25, 0.3) is 7.72 Å². The Labute approximate surface area is 154 Å². The molecule has 142 valence electrons. The summed E-state index contributed by atoms with van der Waals surface area (Å²) in [6.45, 7) is 1.86. The lowest BCUT2D eigenvalue weighted by Crippen LogP contribution is -2.29. The van der Waals surface area contributed by atoms with Gasteiger partial charge in [0.1, 0.15) is 6.16 Å². The van der Waals surface area contributed by atoms with E-state index in [1.165, 1.54) is 6.07 Å². The van der Waals surface area contributed by atoms with Crippen LogP contribution in [0.3, 0.4) is 0 Å². The van der Waals surface area contributed by atoms with Crippen LogP contribution in [0.2, 0.25) is 0 Å². The van der Waals surface area contributed by atoms with Gasteiger partial charge in [-0.1, -0.05) is 24.3 Å². The van der Waals surface area contributed by atoms with E-state index in [2.05, 4.69) is 17.5 Å². The molecule has 0 bridgehead atoms. The van der Waals surface area contributed by atoms with E-state index in [-0.39, 0.29) is 36.0 Å². The number of hydrogen-bond acceptors (Lipinski definition) is 5. The number of allylic oxidation sites excluding steroid dienone is 2. The molecule has 2 atom stereocenters. The molecule has 0 spiro atoms. The zero-order valence-electron chi connectivity index (χ0n) is 15.0. The van der Waals surface area contributed by atoms with E-state index in [4.69, 9.17) is 5.11 Å². The number of Topliss-reactive ketones (excluding diaryl/α,β-unsaturated/α-hetero) is 1. The van der Waals surface area contributed by atoms with Gasteiger partial charge in [-0.3, -0.25) is 4.79 Å². The normalized spacial score (nSPS) is 18.5. The van der Waals surface area contributed by atoms with E-state index in [1.807, 2.05) is 6.92 Å². The van der Waals surface area contributed by atoms with Crippen LogP contribution in [0.25, 0.3) is 0 Å². The minimum Gasteiger partial charge on any atom is -0.478 e. The molecule has 26 heavy (non-hydrogen) atoms. The Morgan fingerprint density at radius 2 is 2.08 bits per heavy atom. The highest BCUT2D eigenvalue weighted by Crippen LogP contribution is 2.52. The van der Waals surface area contributed by atoms with Crippen molar-refractivity contribution >= 4 is 19.5 Å². The lowest BCUT2D eigenvalue weighted by Gasteiger charge is -2.21. The summed E-state index contributed by atoms with van der Waals surface area (Å²) in [6.07, 6.45) is 6.98. The second kappa shape index (κ2) is 9.38. The molecule has 0 aromatic heterocycles. The van der Waals surface area contributed by atoms with Gasteiger partial charge >= 0.3 is 5.97 Å². The lowest BCUT2D eigenvalue weighted by atomic mass is 9.96. The van der Waals surface area contributed by atoms with E-state index in [0.29, 0.717) is 6.16 Å². The van der Waals surface area contributed by atoms with Gasteiger partial charge in [0.05, 0.1) is 12.1 Å². The smallest absolute Gasteiger partial charge is 0.335 e. The van der Waals surface area contributed by atoms with Crippen molar-refractivity contribution < 1.29 is 24.5 Å². The Morgan fingerprint density at radius 3 is 2.73 bits per heavy atom. The van der Waals surface area contributed by atoms with Gasteiger partial charge in [-0.05, 0) is 43.9 Å². The minimum atomic E-state index is -3.22. The molecule has 6 nitrogen and oxygen atoms in total. The van der Waals surface area contributed by atoms with Crippen molar-refractivity contribution in [3.63, 3.8) is 0 Å². The van der Waals surface area contributed by atoms with Crippen LogP contribution in [0.1, 0.15) is 48.1 Å². The van der Waals surface area contributed by atoms with Crippen molar-refractivity contribution in [2.45, 2.75) is 32.2 Å². The van der Waals surface area contributed by atoms with Crippen LogP contribution in [0.5, 0.6) is 0 Å². The standard InChI is InChI=1S/C19H26NO5P/c1-14(16-8-5-9-17(10-16)19(22)23)20-11-18(21)13-26(24,25)12-15-6-3-2-4-7-15/h2-3,5,8-10,14-15,20,24-25H,4,6-7,11-13H2,1H3/p+1/t14-,15?/m1/s1. The van der Waals surface area contributed by atoms with Crippen LogP contribution in [0.4, 0.5) is 0 Å². The number of carbonyl (C=O) groups is 2. The van der Waals surface area contributed by atoms with Gasteiger partial charge in [-0.2, -0.15) is 0 Å². The third kappa shape index (κ3) is 6.61. The summed E-state index contributed by atoms with van der Waals surface area (Å²) in [5.74, 6) is -1.000. The number of benzene rings is 1. The Hall–Kier alpha value is -1.59. The Bertz CT molecular complexity index is 674. The van der Waals surface area contributed by atoms with E-state index in [9.17, 15) is 19.4 Å². The summed E-state index contributed by atoms with van der Waals surface area (Å²) >= 11 is 0. The minimum absolute atomic E-state index is 0.0197. The van der Waals surface area contributed by atoms with E-state index >= 15 is 0 Å². The first-order valence-corrected chi connectivity index (χ1v) is 10.9. The fraction of sp³-hybridized carbons (Fsp3) is 0.474. The summed E-state index contributed by atoms with van der Waals surface area (Å²) in [6, 6.07) is 6.32. The number of carbonyl (C=O) groups excluding carboxylic acids is 1. The molecule has 7 heteroatoms. The monoisotopic (exact) mass is 380 g/mol. The predicted octanol–water partition coefficient (Wildman–Crippen LogP) is 2.79. The molecule has 0 amide bonds. The molecule has 0 saturated heterocycles. The molecule has 0 aliphatic heterocycles. The molecule has 0 fully saturated rings. The van der Waals surface area contributed by atoms with Crippen molar-refractivity contribution in [3.8, 4) is 0 Å². The topological polar surface area (TPSA) is 107 Å². The van der Waals surface area contributed by atoms with Crippen LogP contribution in [0.15, 0.2) is 36.4 Å². The fourth-order valence-corrected chi connectivity index (χ4v) is 5.13. The van der Waals surface area contributed by atoms with Gasteiger partial charge < -0.3 is 10.4 Å². The third-order valence-electron chi connectivity index (χ3n) is 4.60. The summed E-state index contributed by atoms with van der Waals surface area (Å²) in [4.78, 5) is 43.7. The van der Waals surface area contributed by atoms with E-state index in [0.717, 1.165) is 24.8 Å². The van der Waals surface area contributed by atoms with Gasteiger partial charge in [0.15, 0.2) is 11.9 Å². The van der Waals surface area contributed by atoms with Crippen molar-refractivity contribution in [2.75, 3.05) is 18.9 Å². The predicted molar refractivity (Wildman–Crippen MR) is 102 cm³/mol. The molecule has 1 aliphatic carbocycles. The largest absolute Gasteiger partial charge is 0.478 e. The molecule has 1 aromatic rings. The Kier molecular flexibility index (Phi) is 7.47. The lowest BCUT2D eigenvalue weighted by molar-refractivity contribution is -0.116. The molecule has 1 unspecified atom stereocenters. The van der Waals surface area contributed by atoms with Crippen molar-refractivity contribution in [3.05, 3.63) is 47.5 Å². The number of hydrogen-bond donors (Lipinski definition) is 4. The van der Waals surface area contributed by atoms with Gasteiger partial charge in [-0.15, -0.1) is 0 Å². The quantitative estimate of drug-likeness (QED) is 0.388. The molecule has 0 saturated carbocycles. The second-order valence-electron chi connectivity index (χ2n) is 6.94. The van der Waals surface area contributed by atoms with E-state index in [1.54, 1.807) is 18.2 Å². The van der Waals surface area contributed by atoms with Crippen molar-refractivity contribution in [1.82, 2.24) is 5.32 Å². The van der Waals surface area contributed by atoms with Crippen LogP contribution in [-0.2, 0) is 4.79 Å². The number of carboxylic acid groups (broad SMARTS) is 1. The van der Waals surface area contributed by atoms with Crippen LogP contribution >= 0.6 is 7.72 Å². The molecular formula is C19H27NO5P+. The van der Waals surface area contributed by atoms with Crippen LogP contribution in [-0.4, -0.2) is 45.5 Å². The maximum atomic E-state index is 12.1. The van der Waals surface area contributed by atoms with Crippen molar-refractivity contribution in [2.24, 2.45) is 5.92 Å². The number of carboxylic acids is 1. The highest BCUT2D eigenvalue weighted by Gasteiger charge is 2.38. The van der Waals surface area contributed by atoms with Crippen LogP contribution < -0.4 is 5.32 Å².